The van der Waals surface area contributed by atoms with E-state index in [1.807, 2.05) is 18.2 Å². The molecule has 4 N–H and O–H groups in total. The number of carbonyl (C=O) groups is 1. The molecule has 1 aliphatic rings. The SMILES string of the molecule is NC[C@@H]1CN[C@H](CCC(=O)c2[nH]c3cc(-c4ccc(F)cc4)ccc3c2-c2ccc(F)cc2)C1. The summed E-state index contributed by atoms with van der Waals surface area (Å²) in [6, 6.07) is 18.7. The number of aromatic nitrogens is 1. The number of nitrogens with two attached hydrogens (primary N) is 1. The molecule has 4 aromatic rings. The van der Waals surface area contributed by atoms with Crippen LogP contribution in [0.4, 0.5) is 8.78 Å². The number of H-pyrrole nitrogens is 1. The molecule has 0 unspecified atom stereocenters. The van der Waals surface area contributed by atoms with Gasteiger partial charge in [-0.15, -0.1) is 0 Å². The van der Waals surface area contributed by atoms with Crippen molar-refractivity contribution >= 4 is 16.7 Å². The second kappa shape index (κ2) is 9.49. The van der Waals surface area contributed by atoms with Gasteiger partial charge in [-0.1, -0.05) is 36.4 Å². The van der Waals surface area contributed by atoms with E-state index in [0.717, 1.165) is 52.5 Å². The van der Waals surface area contributed by atoms with Crippen molar-refractivity contribution in [1.29, 1.82) is 0 Å². The Morgan fingerprint density at radius 1 is 0.912 bits per heavy atom. The van der Waals surface area contributed by atoms with Gasteiger partial charge >= 0.3 is 0 Å². The average molecular weight is 460 g/mol. The van der Waals surface area contributed by atoms with E-state index in [9.17, 15) is 13.6 Å². The highest BCUT2D eigenvalue weighted by Crippen LogP contribution is 2.36. The number of benzene rings is 3. The van der Waals surface area contributed by atoms with Crippen LogP contribution in [-0.2, 0) is 0 Å². The predicted octanol–water partition coefficient (Wildman–Crippen LogP) is 5.68. The van der Waals surface area contributed by atoms with Crippen molar-refractivity contribution in [2.45, 2.75) is 25.3 Å². The number of Topliss-reactive ketones (excluding diaryl/α,β-unsaturated/α-hetero) is 1. The van der Waals surface area contributed by atoms with Gasteiger partial charge in [0.15, 0.2) is 5.78 Å². The first-order valence-electron chi connectivity index (χ1n) is 11.7. The molecule has 1 aromatic heterocycles. The van der Waals surface area contributed by atoms with Crippen LogP contribution in [0.1, 0.15) is 29.8 Å². The maximum Gasteiger partial charge on any atom is 0.179 e. The fraction of sp³-hybridized carbons (Fsp3) is 0.250. The van der Waals surface area contributed by atoms with Crippen LogP contribution in [-0.4, -0.2) is 29.9 Å². The van der Waals surface area contributed by atoms with Gasteiger partial charge in [-0.3, -0.25) is 4.79 Å². The highest BCUT2D eigenvalue weighted by atomic mass is 19.1. The highest BCUT2D eigenvalue weighted by Gasteiger charge is 2.25. The zero-order valence-corrected chi connectivity index (χ0v) is 18.8. The molecule has 6 heteroatoms. The van der Waals surface area contributed by atoms with Crippen LogP contribution >= 0.6 is 0 Å². The molecule has 4 nitrogen and oxygen atoms in total. The van der Waals surface area contributed by atoms with Crippen LogP contribution in [0.25, 0.3) is 33.2 Å². The summed E-state index contributed by atoms with van der Waals surface area (Å²) in [7, 11) is 0. The Kier molecular flexibility index (Phi) is 6.26. The van der Waals surface area contributed by atoms with Gasteiger partial charge in [0.2, 0.25) is 0 Å². The van der Waals surface area contributed by atoms with Gasteiger partial charge in [-0.05, 0) is 78.9 Å². The lowest BCUT2D eigenvalue weighted by Crippen LogP contribution is -2.22. The Hall–Kier alpha value is -3.35. The number of fused-ring (bicyclic) bond motifs is 1. The predicted molar refractivity (Wildman–Crippen MR) is 132 cm³/mol. The number of carbonyl (C=O) groups excluding carboxylic acids is 1. The summed E-state index contributed by atoms with van der Waals surface area (Å²) in [5.41, 5.74) is 10.5. The van der Waals surface area contributed by atoms with Gasteiger partial charge < -0.3 is 16.0 Å². The van der Waals surface area contributed by atoms with Gasteiger partial charge in [0.25, 0.3) is 0 Å². The standard InChI is InChI=1S/C28H27F2N3O/c29-21-6-1-18(2-7-21)20-5-11-24-25(14-20)33-28(27(24)19-3-8-22(30)9-4-19)26(34)12-10-23-13-17(15-31)16-32-23/h1-9,11,14,17,23,32-33H,10,12-13,15-16,31H2/t17-,23-/m1/s1. The quantitative estimate of drug-likeness (QED) is 0.312. The Morgan fingerprint density at radius 3 is 2.21 bits per heavy atom. The molecule has 1 fully saturated rings. The molecule has 1 aliphatic heterocycles. The Bertz CT molecular complexity index is 1310. The third-order valence-corrected chi connectivity index (χ3v) is 6.75. The normalized spacial score (nSPS) is 18.0. The molecule has 0 radical (unpaired) electrons. The number of hydrogen-bond acceptors (Lipinski definition) is 3. The lowest BCUT2D eigenvalue weighted by atomic mass is 9.96. The molecule has 174 valence electrons. The highest BCUT2D eigenvalue weighted by molar-refractivity contribution is 6.11. The molecular formula is C28H27F2N3O. The van der Waals surface area contributed by atoms with Gasteiger partial charge in [0.05, 0.1) is 5.69 Å². The number of halogens is 2. The second-order valence-electron chi connectivity index (χ2n) is 9.05. The fourth-order valence-electron chi connectivity index (χ4n) is 4.88. The molecule has 0 spiro atoms. The maximum absolute atomic E-state index is 13.6. The molecule has 0 saturated carbocycles. The minimum atomic E-state index is -0.322. The molecule has 2 atom stereocenters. The van der Waals surface area contributed by atoms with Crippen LogP contribution in [0.3, 0.4) is 0 Å². The van der Waals surface area contributed by atoms with Crippen LogP contribution in [0.5, 0.6) is 0 Å². The van der Waals surface area contributed by atoms with Crippen molar-refractivity contribution in [3.63, 3.8) is 0 Å². The third-order valence-electron chi connectivity index (χ3n) is 6.75. The largest absolute Gasteiger partial charge is 0.352 e. The molecule has 34 heavy (non-hydrogen) atoms. The Labute approximate surface area is 197 Å². The zero-order valence-electron chi connectivity index (χ0n) is 18.8. The van der Waals surface area contributed by atoms with Crippen LogP contribution in [0.2, 0.25) is 0 Å². The summed E-state index contributed by atoms with van der Waals surface area (Å²) in [6.45, 7) is 1.55. The van der Waals surface area contributed by atoms with Crippen molar-refractivity contribution in [3.05, 3.63) is 84.1 Å². The summed E-state index contributed by atoms with van der Waals surface area (Å²) in [5, 5.41) is 4.35. The first-order chi connectivity index (χ1) is 16.5. The average Bonchev–Trinajstić information content (AvgIpc) is 3.48. The Morgan fingerprint density at radius 2 is 1.56 bits per heavy atom. The second-order valence-corrected chi connectivity index (χ2v) is 9.05. The summed E-state index contributed by atoms with van der Waals surface area (Å²) >= 11 is 0. The van der Waals surface area contributed by atoms with Gasteiger partial charge in [-0.25, -0.2) is 8.78 Å². The number of aromatic amines is 1. The van der Waals surface area contributed by atoms with E-state index in [0.29, 0.717) is 30.6 Å². The van der Waals surface area contributed by atoms with Crippen molar-refractivity contribution in [2.24, 2.45) is 11.7 Å². The van der Waals surface area contributed by atoms with Crippen LogP contribution in [0.15, 0.2) is 66.7 Å². The smallest absolute Gasteiger partial charge is 0.179 e. The van der Waals surface area contributed by atoms with E-state index in [1.165, 1.54) is 24.3 Å². The molecule has 3 aromatic carbocycles. The zero-order chi connectivity index (χ0) is 23.7. The van der Waals surface area contributed by atoms with Crippen molar-refractivity contribution < 1.29 is 13.6 Å². The first kappa shape index (κ1) is 22.4. The van der Waals surface area contributed by atoms with E-state index in [2.05, 4.69) is 10.3 Å². The first-order valence-corrected chi connectivity index (χ1v) is 11.7. The van der Waals surface area contributed by atoms with Crippen LogP contribution < -0.4 is 11.1 Å². The van der Waals surface area contributed by atoms with Crippen molar-refractivity contribution in [3.8, 4) is 22.3 Å². The van der Waals surface area contributed by atoms with Gasteiger partial charge in [-0.2, -0.15) is 0 Å². The minimum Gasteiger partial charge on any atom is -0.352 e. The summed E-state index contributed by atoms with van der Waals surface area (Å²) in [6.07, 6.45) is 2.14. The topological polar surface area (TPSA) is 70.9 Å². The lowest BCUT2D eigenvalue weighted by Gasteiger charge is -2.10. The lowest BCUT2D eigenvalue weighted by molar-refractivity contribution is 0.0973. The monoisotopic (exact) mass is 459 g/mol. The molecule has 0 aliphatic carbocycles. The van der Waals surface area contributed by atoms with Gasteiger partial charge in [0, 0.05) is 28.9 Å². The number of rotatable bonds is 7. The molecule has 1 saturated heterocycles. The fourth-order valence-corrected chi connectivity index (χ4v) is 4.88. The van der Waals surface area contributed by atoms with E-state index in [-0.39, 0.29) is 17.4 Å². The van der Waals surface area contributed by atoms with Crippen molar-refractivity contribution in [1.82, 2.24) is 10.3 Å². The number of ketones is 1. The Balaban J connectivity index is 1.50. The van der Waals surface area contributed by atoms with Gasteiger partial charge in [0.1, 0.15) is 11.6 Å². The minimum absolute atomic E-state index is 0.0249. The number of nitrogens with one attached hydrogen (secondary N) is 2. The molecule has 2 heterocycles. The summed E-state index contributed by atoms with van der Waals surface area (Å²) in [4.78, 5) is 16.7. The van der Waals surface area contributed by atoms with E-state index >= 15 is 0 Å². The summed E-state index contributed by atoms with van der Waals surface area (Å²) in [5.74, 6) is -0.118. The molecular weight excluding hydrogens is 432 g/mol. The van der Waals surface area contributed by atoms with E-state index in [1.54, 1.807) is 24.3 Å². The molecule has 5 rings (SSSR count). The van der Waals surface area contributed by atoms with Crippen molar-refractivity contribution in [2.75, 3.05) is 13.1 Å². The molecule has 0 amide bonds. The van der Waals surface area contributed by atoms with E-state index < -0.39 is 0 Å². The molecule has 0 bridgehead atoms. The third kappa shape index (κ3) is 4.52. The summed E-state index contributed by atoms with van der Waals surface area (Å²) < 4.78 is 27.0. The van der Waals surface area contributed by atoms with E-state index in [4.69, 9.17) is 5.73 Å². The van der Waals surface area contributed by atoms with Crippen LogP contribution in [0, 0.1) is 17.6 Å². The maximum atomic E-state index is 13.6. The number of hydrogen-bond donors (Lipinski definition) is 3.